The summed E-state index contributed by atoms with van der Waals surface area (Å²) in [7, 11) is 1.84. The van der Waals surface area contributed by atoms with E-state index in [1.54, 1.807) is 10.1 Å². The van der Waals surface area contributed by atoms with Crippen LogP contribution in [0.1, 0.15) is 26.9 Å². The summed E-state index contributed by atoms with van der Waals surface area (Å²) >= 11 is 4.94. The van der Waals surface area contributed by atoms with Crippen molar-refractivity contribution in [3.05, 3.63) is 31.9 Å². The molecule has 0 radical (unpaired) electrons. The van der Waals surface area contributed by atoms with Crippen LogP contribution in [-0.4, -0.2) is 20.5 Å². The van der Waals surface area contributed by atoms with Crippen molar-refractivity contribution in [2.45, 2.75) is 20.3 Å². The Bertz CT molecular complexity index is 573. The maximum atomic E-state index is 12.0. The molecule has 2 rings (SSSR count). The van der Waals surface area contributed by atoms with Crippen LogP contribution >= 0.6 is 27.3 Å². The average molecular weight is 314 g/mol. The van der Waals surface area contributed by atoms with Gasteiger partial charge in [-0.25, -0.2) is 4.98 Å². The molecule has 17 heavy (non-hydrogen) atoms. The van der Waals surface area contributed by atoms with Crippen molar-refractivity contribution < 1.29 is 4.79 Å². The molecular weight excluding hydrogens is 302 g/mol. The number of halogens is 1. The van der Waals surface area contributed by atoms with Crippen LogP contribution in [-0.2, 0) is 13.5 Å². The standard InChI is InChI=1S/C11H12BrN3OS/c1-6-11(12)9(15(3)14-6)4-10(16)8-5-17-7(2)13-8/h5H,4H2,1-3H3. The summed E-state index contributed by atoms with van der Waals surface area (Å²) in [5.74, 6) is 0.0260. The maximum absolute atomic E-state index is 12.0. The second-order valence-electron chi connectivity index (χ2n) is 3.82. The van der Waals surface area contributed by atoms with Gasteiger partial charge in [0.25, 0.3) is 0 Å². The Morgan fingerprint density at radius 1 is 1.53 bits per heavy atom. The van der Waals surface area contributed by atoms with Gasteiger partial charge in [0.15, 0.2) is 5.78 Å². The summed E-state index contributed by atoms with van der Waals surface area (Å²) in [4.78, 5) is 16.2. The van der Waals surface area contributed by atoms with Crippen molar-refractivity contribution in [2.24, 2.45) is 7.05 Å². The van der Waals surface area contributed by atoms with Gasteiger partial charge in [-0.1, -0.05) is 0 Å². The van der Waals surface area contributed by atoms with E-state index < -0.39 is 0 Å². The number of carbonyl (C=O) groups is 1. The molecule has 0 aliphatic carbocycles. The zero-order valence-electron chi connectivity index (χ0n) is 9.82. The highest BCUT2D eigenvalue weighted by Gasteiger charge is 2.17. The van der Waals surface area contributed by atoms with Crippen LogP contribution < -0.4 is 0 Å². The lowest BCUT2D eigenvalue weighted by Crippen LogP contribution is -2.08. The number of aromatic nitrogens is 3. The fourth-order valence-corrected chi connectivity index (χ4v) is 2.70. The second-order valence-corrected chi connectivity index (χ2v) is 5.68. The second kappa shape index (κ2) is 4.70. The molecule has 0 bridgehead atoms. The first-order valence-electron chi connectivity index (χ1n) is 5.12. The summed E-state index contributed by atoms with van der Waals surface area (Å²) < 4.78 is 2.64. The molecule has 0 fully saturated rings. The predicted molar refractivity (Wildman–Crippen MR) is 70.5 cm³/mol. The summed E-state index contributed by atoms with van der Waals surface area (Å²) in [6.07, 6.45) is 0.321. The average Bonchev–Trinajstić information content (AvgIpc) is 2.79. The first kappa shape index (κ1) is 12.4. The largest absolute Gasteiger partial charge is 0.292 e. The van der Waals surface area contributed by atoms with E-state index >= 15 is 0 Å². The normalized spacial score (nSPS) is 10.8. The molecule has 0 amide bonds. The summed E-state index contributed by atoms with van der Waals surface area (Å²) in [6.45, 7) is 3.80. The highest BCUT2D eigenvalue weighted by molar-refractivity contribution is 9.10. The Balaban J connectivity index is 2.24. The number of ketones is 1. The van der Waals surface area contributed by atoms with Crippen LogP contribution in [0.2, 0.25) is 0 Å². The highest BCUT2D eigenvalue weighted by atomic mass is 79.9. The van der Waals surface area contributed by atoms with E-state index in [9.17, 15) is 4.79 Å². The van der Waals surface area contributed by atoms with Crippen LogP contribution in [0.25, 0.3) is 0 Å². The van der Waals surface area contributed by atoms with Gasteiger partial charge in [-0.3, -0.25) is 9.48 Å². The molecule has 4 nitrogen and oxygen atoms in total. The maximum Gasteiger partial charge on any atom is 0.188 e. The third kappa shape index (κ3) is 2.47. The smallest absolute Gasteiger partial charge is 0.188 e. The molecule has 6 heteroatoms. The Hall–Kier alpha value is -1.01. The molecule has 0 spiro atoms. The summed E-state index contributed by atoms with van der Waals surface area (Å²) in [6, 6.07) is 0. The van der Waals surface area contributed by atoms with Crippen molar-refractivity contribution in [1.82, 2.24) is 14.8 Å². The van der Waals surface area contributed by atoms with E-state index in [0.717, 1.165) is 20.9 Å². The zero-order chi connectivity index (χ0) is 12.6. The molecule has 0 aromatic carbocycles. The van der Waals surface area contributed by atoms with Gasteiger partial charge in [-0.2, -0.15) is 5.10 Å². The molecule has 0 unspecified atom stereocenters. The van der Waals surface area contributed by atoms with E-state index in [-0.39, 0.29) is 5.78 Å². The minimum absolute atomic E-state index is 0.0260. The molecule has 2 aromatic heterocycles. The van der Waals surface area contributed by atoms with Crippen LogP contribution in [0.3, 0.4) is 0 Å². The highest BCUT2D eigenvalue weighted by Crippen LogP contribution is 2.22. The Morgan fingerprint density at radius 2 is 2.24 bits per heavy atom. The van der Waals surface area contributed by atoms with E-state index in [1.807, 2.05) is 20.9 Å². The van der Waals surface area contributed by atoms with Gasteiger partial charge in [0.05, 0.1) is 27.3 Å². The van der Waals surface area contributed by atoms with E-state index in [2.05, 4.69) is 26.0 Å². The van der Waals surface area contributed by atoms with Gasteiger partial charge >= 0.3 is 0 Å². The molecule has 2 aromatic rings. The number of hydrogen-bond acceptors (Lipinski definition) is 4. The SMILES string of the molecule is Cc1nc(C(=O)Cc2c(Br)c(C)nn2C)cs1. The Kier molecular flexibility index (Phi) is 3.44. The van der Waals surface area contributed by atoms with Crippen LogP contribution in [0.5, 0.6) is 0 Å². The number of Topliss-reactive ketones (excluding diaryl/α,β-unsaturated/α-hetero) is 1. The van der Waals surface area contributed by atoms with Crippen LogP contribution in [0.15, 0.2) is 9.85 Å². The van der Waals surface area contributed by atoms with Gasteiger partial charge in [0.2, 0.25) is 0 Å². The topological polar surface area (TPSA) is 47.8 Å². The van der Waals surface area contributed by atoms with E-state index in [1.165, 1.54) is 11.3 Å². The van der Waals surface area contributed by atoms with Crippen molar-refractivity contribution in [2.75, 3.05) is 0 Å². The number of carbonyl (C=O) groups excluding carboxylic acids is 1. The zero-order valence-corrected chi connectivity index (χ0v) is 12.2. The van der Waals surface area contributed by atoms with Crippen molar-refractivity contribution in [3.8, 4) is 0 Å². The molecular formula is C11H12BrN3OS. The van der Waals surface area contributed by atoms with Crippen LogP contribution in [0.4, 0.5) is 0 Å². The minimum Gasteiger partial charge on any atom is -0.292 e. The first-order valence-corrected chi connectivity index (χ1v) is 6.79. The molecule has 90 valence electrons. The van der Waals surface area contributed by atoms with Crippen LogP contribution in [0, 0.1) is 13.8 Å². The number of rotatable bonds is 3. The van der Waals surface area contributed by atoms with E-state index in [4.69, 9.17) is 0 Å². The van der Waals surface area contributed by atoms with Gasteiger partial charge in [-0.15, -0.1) is 11.3 Å². The van der Waals surface area contributed by atoms with Gasteiger partial charge < -0.3 is 0 Å². The van der Waals surface area contributed by atoms with Crippen molar-refractivity contribution >= 4 is 33.0 Å². The lowest BCUT2D eigenvalue weighted by molar-refractivity contribution is 0.0986. The molecule has 0 atom stereocenters. The molecule has 0 saturated heterocycles. The van der Waals surface area contributed by atoms with Gasteiger partial charge in [0.1, 0.15) is 5.69 Å². The molecule has 0 aliphatic rings. The molecule has 0 N–H and O–H groups in total. The first-order chi connectivity index (χ1) is 7.99. The fraction of sp³-hybridized carbons (Fsp3) is 0.364. The molecule has 0 saturated carbocycles. The fourth-order valence-electron chi connectivity index (χ4n) is 1.61. The predicted octanol–water partition coefficient (Wildman–Crippen LogP) is 2.68. The number of nitrogens with zero attached hydrogens (tertiary/aromatic N) is 3. The third-order valence-electron chi connectivity index (χ3n) is 2.49. The third-order valence-corrected chi connectivity index (χ3v) is 4.30. The lowest BCUT2D eigenvalue weighted by atomic mass is 10.2. The van der Waals surface area contributed by atoms with Crippen molar-refractivity contribution in [3.63, 3.8) is 0 Å². The summed E-state index contributed by atoms with van der Waals surface area (Å²) in [5, 5.41) is 6.97. The monoisotopic (exact) mass is 313 g/mol. The number of aryl methyl sites for hydroxylation is 3. The lowest BCUT2D eigenvalue weighted by Gasteiger charge is -2.00. The van der Waals surface area contributed by atoms with Gasteiger partial charge in [-0.05, 0) is 29.8 Å². The quantitative estimate of drug-likeness (QED) is 0.818. The van der Waals surface area contributed by atoms with Crippen molar-refractivity contribution in [1.29, 1.82) is 0 Å². The number of hydrogen-bond donors (Lipinski definition) is 0. The minimum atomic E-state index is 0.0260. The molecule has 2 heterocycles. The van der Waals surface area contributed by atoms with E-state index in [0.29, 0.717) is 12.1 Å². The number of thiazole rings is 1. The summed E-state index contributed by atoms with van der Waals surface area (Å²) in [5.41, 5.74) is 2.32. The Morgan fingerprint density at radius 3 is 2.71 bits per heavy atom. The van der Waals surface area contributed by atoms with Gasteiger partial charge in [0, 0.05) is 12.4 Å². The Labute approximate surface area is 112 Å². The molecule has 0 aliphatic heterocycles.